The Kier molecular flexibility index (Phi) is 6.13. The van der Waals surface area contributed by atoms with Gasteiger partial charge in [0.15, 0.2) is 0 Å². The molecule has 1 amide bonds. The summed E-state index contributed by atoms with van der Waals surface area (Å²) in [5, 5.41) is 11.3. The Balaban J connectivity index is 1.48. The van der Waals surface area contributed by atoms with Crippen LogP contribution in [0.1, 0.15) is 57.4 Å². The Hall–Kier alpha value is -2.35. The van der Waals surface area contributed by atoms with Crippen molar-refractivity contribution in [1.29, 1.82) is 0 Å². The normalized spacial score (nSPS) is 23.9. The number of hydrogen-bond acceptors (Lipinski definition) is 6. The molecule has 2 heterocycles. The summed E-state index contributed by atoms with van der Waals surface area (Å²) in [6.07, 6.45) is 7.53. The van der Waals surface area contributed by atoms with Crippen molar-refractivity contribution in [3.05, 3.63) is 50.5 Å². The van der Waals surface area contributed by atoms with E-state index in [0.29, 0.717) is 16.5 Å². The summed E-state index contributed by atoms with van der Waals surface area (Å²) in [6.45, 7) is 2.03. The molecular weight excluding hydrogens is 404 g/mol. The average molecular weight is 431 g/mol. The standard InChI is InChI=1S/C22H26N2O5S/c1-2-17-18-12-19(30-16-6-4-3-5-7-16)20(23(18)21(17)25)22(26)29-13-14-8-10-15(11-9-14)24(27)28/h8-11,16-18H,2-7,12-13H2,1H3. The van der Waals surface area contributed by atoms with Gasteiger partial charge in [0.05, 0.1) is 16.9 Å². The molecule has 0 radical (unpaired) electrons. The molecule has 7 nitrogen and oxygen atoms in total. The maximum atomic E-state index is 13.0. The molecule has 4 rings (SSSR count). The summed E-state index contributed by atoms with van der Waals surface area (Å²) < 4.78 is 5.53. The van der Waals surface area contributed by atoms with Gasteiger partial charge in [-0.05, 0) is 37.0 Å². The highest BCUT2D eigenvalue weighted by molar-refractivity contribution is 8.03. The molecule has 3 aliphatic rings. The molecule has 2 aliphatic heterocycles. The number of carbonyl (C=O) groups excluding carboxylic acids is 2. The zero-order valence-electron chi connectivity index (χ0n) is 17.0. The summed E-state index contributed by atoms with van der Waals surface area (Å²) in [7, 11) is 0. The molecule has 0 bridgehead atoms. The van der Waals surface area contributed by atoms with Crippen LogP contribution in [0.25, 0.3) is 0 Å². The number of thioether (sulfide) groups is 1. The van der Waals surface area contributed by atoms with Gasteiger partial charge < -0.3 is 9.64 Å². The summed E-state index contributed by atoms with van der Waals surface area (Å²) >= 11 is 1.76. The minimum Gasteiger partial charge on any atom is -0.456 e. The quantitative estimate of drug-likeness (QED) is 0.273. The first kappa shape index (κ1) is 20.9. The molecule has 30 heavy (non-hydrogen) atoms. The molecule has 2 atom stereocenters. The number of fused-ring (bicyclic) bond motifs is 1. The van der Waals surface area contributed by atoms with Crippen LogP contribution < -0.4 is 0 Å². The van der Waals surface area contributed by atoms with Crippen LogP contribution in [0.15, 0.2) is 34.9 Å². The van der Waals surface area contributed by atoms with Crippen LogP contribution in [0.3, 0.4) is 0 Å². The number of ether oxygens (including phenoxy) is 1. The van der Waals surface area contributed by atoms with Crippen LogP contribution in [-0.2, 0) is 20.9 Å². The van der Waals surface area contributed by atoms with Crippen LogP contribution >= 0.6 is 11.8 Å². The number of nitrogens with zero attached hydrogens (tertiary/aromatic N) is 2. The SMILES string of the molecule is CCC1C(=O)N2C(C(=O)OCc3ccc([N+](=O)[O-])cc3)=C(SC3CCCCC3)CC12. The lowest BCUT2D eigenvalue weighted by Gasteiger charge is -2.43. The fraction of sp³-hybridized carbons (Fsp3) is 0.545. The number of esters is 1. The van der Waals surface area contributed by atoms with E-state index in [2.05, 4.69) is 0 Å². The Morgan fingerprint density at radius 3 is 2.57 bits per heavy atom. The molecular formula is C22H26N2O5S. The first-order valence-corrected chi connectivity index (χ1v) is 11.5. The van der Waals surface area contributed by atoms with Crippen LogP contribution in [-0.4, -0.2) is 33.0 Å². The lowest BCUT2D eigenvalue weighted by molar-refractivity contribution is -0.384. The molecule has 2 unspecified atom stereocenters. The maximum absolute atomic E-state index is 13.0. The van der Waals surface area contributed by atoms with Gasteiger partial charge in [0.25, 0.3) is 5.69 Å². The van der Waals surface area contributed by atoms with Gasteiger partial charge in [-0.15, -0.1) is 11.8 Å². The van der Waals surface area contributed by atoms with Crippen molar-refractivity contribution in [2.75, 3.05) is 0 Å². The number of amides is 1. The molecule has 1 saturated carbocycles. The molecule has 8 heteroatoms. The molecule has 1 aromatic rings. The highest BCUT2D eigenvalue weighted by Crippen LogP contribution is 2.49. The molecule has 0 spiro atoms. The number of carbonyl (C=O) groups is 2. The van der Waals surface area contributed by atoms with E-state index in [1.54, 1.807) is 28.8 Å². The summed E-state index contributed by atoms with van der Waals surface area (Å²) in [4.78, 5) is 38.6. The first-order chi connectivity index (χ1) is 14.5. The third kappa shape index (κ3) is 3.97. The van der Waals surface area contributed by atoms with Crippen LogP contribution in [0, 0.1) is 16.0 Å². The number of nitro benzene ring substituents is 1. The Bertz CT molecular complexity index is 876. The number of rotatable bonds is 7. The average Bonchev–Trinajstić information content (AvgIpc) is 3.08. The van der Waals surface area contributed by atoms with Gasteiger partial charge >= 0.3 is 5.97 Å². The third-order valence-corrected chi connectivity index (χ3v) is 7.71. The number of benzene rings is 1. The van der Waals surface area contributed by atoms with E-state index in [4.69, 9.17) is 4.74 Å². The lowest BCUT2D eigenvalue weighted by atomic mass is 9.85. The second kappa shape index (κ2) is 8.79. The van der Waals surface area contributed by atoms with Gasteiger partial charge in [0, 0.05) is 28.7 Å². The molecule has 2 fully saturated rings. The van der Waals surface area contributed by atoms with Gasteiger partial charge in [-0.3, -0.25) is 14.9 Å². The fourth-order valence-electron chi connectivity index (χ4n) is 4.61. The highest BCUT2D eigenvalue weighted by atomic mass is 32.2. The molecule has 0 aromatic heterocycles. The van der Waals surface area contributed by atoms with E-state index in [0.717, 1.165) is 30.6 Å². The van der Waals surface area contributed by atoms with Crippen molar-refractivity contribution in [2.24, 2.45) is 5.92 Å². The zero-order chi connectivity index (χ0) is 21.3. The van der Waals surface area contributed by atoms with Gasteiger partial charge in [0.2, 0.25) is 5.91 Å². The van der Waals surface area contributed by atoms with Crippen LogP contribution in [0.4, 0.5) is 5.69 Å². The molecule has 160 valence electrons. The Morgan fingerprint density at radius 1 is 1.23 bits per heavy atom. The number of nitro groups is 1. The van der Waals surface area contributed by atoms with Crippen molar-refractivity contribution in [3.63, 3.8) is 0 Å². The molecule has 1 aliphatic carbocycles. The van der Waals surface area contributed by atoms with E-state index in [1.165, 1.54) is 31.4 Å². The van der Waals surface area contributed by atoms with Crippen molar-refractivity contribution >= 4 is 29.3 Å². The molecule has 0 N–H and O–H groups in total. The second-order valence-corrected chi connectivity index (χ2v) is 9.54. The van der Waals surface area contributed by atoms with Crippen molar-refractivity contribution in [1.82, 2.24) is 4.90 Å². The molecule has 1 aromatic carbocycles. The Labute approximate surface area is 180 Å². The lowest BCUT2D eigenvalue weighted by Crippen LogP contribution is -2.58. The monoisotopic (exact) mass is 430 g/mol. The number of β-lactam (4-membered cyclic amide) rings is 1. The smallest absolute Gasteiger partial charge is 0.356 e. The Morgan fingerprint density at radius 2 is 1.93 bits per heavy atom. The first-order valence-electron chi connectivity index (χ1n) is 10.6. The van der Waals surface area contributed by atoms with Gasteiger partial charge in [-0.2, -0.15) is 0 Å². The van der Waals surface area contributed by atoms with Crippen molar-refractivity contribution in [2.45, 2.75) is 69.8 Å². The van der Waals surface area contributed by atoms with E-state index in [1.807, 2.05) is 6.92 Å². The molecule has 1 saturated heterocycles. The zero-order valence-corrected chi connectivity index (χ0v) is 17.9. The summed E-state index contributed by atoms with van der Waals surface area (Å²) in [5.41, 5.74) is 1.09. The second-order valence-electron chi connectivity index (χ2n) is 8.14. The predicted octanol–water partition coefficient (Wildman–Crippen LogP) is 4.56. The van der Waals surface area contributed by atoms with E-state index >= 15 is 0 Å². The van der Waals surface area contributed by atoms with E-state index in [-0.39, 0.29) is 30.2 Å². The third-order valence-electron chi connectivity index (χ3n) is 6.26. The number of non-ortho nitro benzene ring substituents is 1. The topological polar surface area (TPSA) is 89.8 Å². The summed E-state index contributed by atoms with van der Waals surface area (Å²) in [6, 6.07) is 6.02. The van der Waals surface area contributed by atoms with Crippen molar-refractivity contribution in [3.8, 4) is 0 Å². The fourth-order valence-corrected chi connectivity index (χ4v) is 6.14. The minimum absolute atomic E-state index is 0.00521. The maximum Gasteiger partial charge on any atom is 0.356 e. The summed E-state index contributed by atoms with van der Waals surface area (Å²) in [5.74, 6) is -0.465. The predicted molar refractivity (Wildman–Crippen MR) is 113 cm³/mol. The van der Waals surface area contributed by atoms with Crippen LogP contribution in [0.5, 0.6) is 0 Å². The van der Waals surface area contributed by atoms with Gasteiger partial charge in [-0.25, -0.2) is 4.79 Å². The van der Waals surface area contributed by atoms with Gasteiger partial charge in [-0.1, -0.05) is 26.2 Å². The largest absolute Gasteiger partial charge is 0.456 e. The number of hydrogen-bond donors (Lipinski definition) is 0. The van der Waals surface area contributed by atoms with Gasteiger partial charge in [0.1, 0.15) is 12.3 Å². The highest BCUT2D eigenvalue weighted by Gasteiger charge is 2.54. The van der Waals surface area contributed by atoms with Crippen molar-refractivity contribution < 1.29 is 19.2 Å². The van der Waals surface area contributed by atoms with E-state index < -0.39 is 10.9 Å². The van der Waals surface area contributed by atoms with Crippen LogP contribution in [0.2, 0.25) is 0 Å². The van der Waals surface area contributed by atoms with E-state index in [9.17, 15) is 19.7 Å². The minimum atomic E-state index is -0.475.